The molecule has 0 aromatic carbocycles. The van der Waals surface area contributed by atoms with Gasteiger partial charge in [-0.2, -0.15) is 0 Å². The molecule has 0 aliphatic carbocycles. The second-order valence-corrected chi connectivity index (χ2v) is 8.16. The lowest BCUT2D eigenvalue weighted by Gasteiger charge is -2.13. The van der Waals surface area contributed by atoms with Crippen molar-refractivity contribution in [2.75, 3.05) is 0 Å². The summed E-state index contributed by atoms with van der Waals surface area (Å²) in [4.78, 5) is 3.09. The number of thiophene rings is 2. The van der Waals surface area contributed by atoms with Gasteiger partial charge in [0.15, 0.2) is 0 Å². The predicted molar refractivity (Wildman–Crippen MR) is 102 cm³/mol. The third-order valence-corrected chi connectivity index (χ3v) is 6.34. The molecular formula is C20H30S2. The minimum absolute atomic E-state index is 0.643. The first kappa shape index (κ1) is 17.7. The Hall–Kier alpha value is -0.600. The number of unbranched alkanes of at least 4 members (excludes halogenated alkanes) is 8. The average Bonchev–Trinajstić information content (AvgIpc) is 3.22. The summed E-state index contributed by atoms with van der Waals surface area (Å²) >= 11 is 3.83. The van der Waals surface area contributed by atoms with Crippen molar-refractivity contribution in [2.24, 2.45) is 0 Å². The highest BCUT2D eigenvalue weighted by Crippen LogP contribution is 2.35. The van der Waals surface area contributed by atoms with Crippen LogP contribution >= 0.6 is 22.7 Å². The Balaban J connectivity index is 1.63. The van der Waals surface area contributed by atoms with Crippen molar-refractivity contribution in [3.63, 3.8) is 0 Å². The van der Waals surface area contributed by atoms with E-state index in [0.29, 0.717) is 5.92 Å². The summed E-state index contributed by atoms with van der Waals surface area (Å²) in [5.41, 5.74) is 0. The molecule has 0 spiro atoms. The van der Waals surface area contributed by atoms with E-state index in [1.807, 2.05) is 22.7 Å². The van der Waals surface area contributed by atoms with E-state index in [9.17, 15) is 0 Å². The van der Waals surface area contributed by atoms with Crippen LogP contribution in [0.2, 0.25) is 0 Å². The van der Waals surface area contributed by atoms with Crippen LogP contribution in [0.1, 0.15) is 86.8 Å². The summed E-state index contributed by atoms with van der Waals surface area (Å²) in [5, 5.41) is 4.43. The fourth-order valence-corrected chi connectivity index (χ4v) is 4.90. The lowest BCUT2D eigenvalue weighted by Crippen LogP contribution is -1.96. The quantitative estimate of drug-likeness (QED) is 0.346. The minimum atomic E-state index is 0.643. The maximum atomic E-state index is 2.31. The van der Waals surface area contributed by atoms with Crippen molar-refractivity contribution in [1.29, 1.82) is 0 Å². The van der Waals surface area contributed by atoms with Gasteiger partial charge >= 0.3 is 0 Å². The third-order valence-electron chi connectivity index (χ3n) is 4.37. The highest BCUT2D eigenvalue weighted by Gasteiger charge is 2.15. The van der Waals surface area contributed by atoms with Gasteiger partial charge in [-0.1, -0.05) is 76.8 Å². The van der Waals surface area contributed by atoms with Gasteiger partial charge in [-0.25, -0.2) is 0 Å². The van der Waals surface area contributed by atoms with Gasteiger partial charge < -0.3 is 0 Å². The van der Waals surface area contributed by atoms with Crippen molar-refractivity contribution < 1.29 is 0 Å². The zero-order chi connectivity index (χ0) is 15.5. The molecule has 0 unspecified atom stereocenters. The maximum Gasteiger partial charge on any atom is 0.0278 e. The first-order valence-electron chi connectivity index (χ1n) is 8.98. The van der Waals surface area contributed by atoms with E-state index in [1.165, 1.54) is 64.2 Å². The molecule has 2 rings (SSSR count). The molecule has 0 N–H and O–H groups in total. The van der Waals surface area contributed by atoms with Crippen LogP contribution in [0.5, 0.6) is 0 Å². The summed E-state index contributed by atoms with van der Waals surface area (Å²) in [5.74, 6) is 0.643. The summed E-state index contributed by atoms with van der Waals surface area (Å²) < 4.78 is 0. The van der Waals surface area contributed by atoms with Crippen LogP contribution < -0.4 is 0 Å². The summed E-state index contributed by atoms with van der Waals surface area (Å²) in [7, 11) is 0. The standard InChI is InChI=1S/C20H30S2/c1-2-3-4-5-6-7-8-9-10-13-18(19-14-11-16-21-19)20-15-12-17-22-20/h11-12,14-18H,2-10,13H2,1H3. The second-order valence-electron chi connectivity index (χ2n) is 6.20. The first-order valence-corrected chi connectivity index (χ1v) is 10.7. The first-order chi connectivity index (χ1) is 10.9. The van der Waals surface area contributed by atoms with Crippen LogP contribution in [-0.4, -0.2) is 0 Å². The molecule has 0 radical (unpaired) electrons. The molecule has 2 heteroatoms. The molecule has 122 valence electrons. The molecule has 0 aliphatic rings. The van der Waals surface area contributed by atoms with Gasteiger partial charge in [0.05, 0.1) is 0 Å². The SMILES string of the molecule is CCCCCCCCCCCC(c1cccs1)c1cccs1. The molecule has 0 saturated heterocycles. The van der Waals surface area contributed by atoms with Gasteiger partial charge in [-0.15, -0.1) is 22.7 Å². The highest BCUT2D eigenvalue weighted by atomic mass is 32.1. The van der Waals surface area contributed by atoms with Crippen LogP contribution in [0.15, 0.2) is 35.0 Å². The van der Waals surface area contributed by atoms with Crippen molar-refractivity contribution in [2.45, 2.75) is 77.0 Å². The van der Waals surface area contributed by atoms with E-state index >= 15 is 0 Å². The highest BCUT2D eigenvalue weighted by molar-refractivity contribution is 7.11. The molecule has 0 nitrogen and oxygen atoms in total. The normalized spacial score (nSPS) is 11.4. The monoisotopic (exact) mass is 334 g/mol. The van der Waals surface area contributed by atoms with E-state index < -0.39 is 0 Å². The molecular weight excluding hydrogens is 304 g/mol. The molecule has 2 heterocycles. The van der Waals surface area contributed by atoms with Crippen LogP contribution in [0.4, 0.5) is 0 Å². The maximum absolute atomic E-state index is 2.31. The lowest BCUT2D eigenvalue weighted by molar-refractivity contribution is 0.548. The molecule has 0 atom stereocenters. The molecule has 2 aromatic rings. The summed E-state index contributed by atoms with van der Waals surface area (Å²) in [6, 6.07) is 9.00. The fourth-order valence-electron chi connectivity index (χ4n) is 3.06. The number of hydrogen-bond donors (Lipinski definition) is 0. The average molecular weight is 335 g/mol. The smallest absolute Gasteiger partial charge is 0.0278 e. The van der Waals surface area contributed by atoms with Crippen molar-refractivity contribution in [3.05, 3.63) is 44.8 Å². The molecule has 0 fully saturated rings. The fraction of sp³-hybridized carbons (Fsp3) is 0.600. The van der Waals surface area contributed by atoms with Gasteiger partial charge in [0.1, 0.15) is 0 Å². The molecule has 0 bridgehead atoms. The van der Waals surface area contributed by atoms with Crippen molar-refractivity contribution in [1.82, 2.24) is 0 Å². The van der Waals surface area contributed by atoms with Crippen LogP contribution in [0, 0.1) is 0 Å². The number of rotatable bonds is 12. The zero-order valence-corrected chi connectivity index (χ0v) is 15.6. The topological polar surface area (TPSA) is 0 Å². The number of hydrogen-bond acceptors (Lipinski definition) is 2. The Labute approximate surface area is 144 Å². The molecule has 0 amide bonds. The Bertz CT molecular complexity index is 422. The van der Waals surface area contributed by atoms with Crippen LogP contribution in [0.25, 0.3) is 0 Å². The van der Waals surface area contributed by atoms with Gasteiger partial charge in [0.25, 0.3) is 0 Å². The molecule has 22 heavy (non-hydrogen) atoms. The summed E-state index contributed by atoms with van der Waals surface area (Å²) in [6.07, 6.45) is 14.1. The van der Waals surface area contributed by atoms with Gasteiger partial charge in [0.2, 0.25) is 0 Å². The Morgan fingerprint density at radius 3 is 1.68 bits per heavy atom. The molecule has 2 aromatic heterocycles. The van der Waals surface area contributed by atoms with E-state index in [0.717, 1.165) is 0 Å². The Morgan fingerprint density at radius 1 is 0.727 bits per heavy atom. The van der Waals surface area contributed by atoms with Gasteiger partial charge in [-0.05, 0) is 29.3 Å². The Morgan fingerprint density at radius 2 is 1.23 bits per heavy atom. The lowest BCUT2D eigenvalue weighted by atomic mass is 9.97. The van der Waals surface area contributed by atoms with Gasteiger partial charge in [0, 0.05) is 15.7 Å². The van der Waals surface area contributed by atoms with E-state index in [4.69, 9.17) is 0 Å². The predicted octanol–water partition coefficient (Wildman–Crippen LogP) is 7.86. The second kappa shape index (κ2) is 11.0. The van der Waals surface area contributed by atoms with Crippen molar-refractivity contribution in [3.8, 4) is 0 Å². The minimum Gasteiger partial charge on any atom is -0.148 e. The van der Waals surface area contributed by atoms with E-state index in [-0.39, 0.29) is 0 Å². The largest absolute Gasteiger partial charge is 0.148 e. The van der Waals surface area contributed by atoms with Crippen LogP contribution in [-0.2, 0) is 0 Å². The molecule has 0 saturated carbocycles. The zero-order valence-electron chi connectivity index (χ0n) is 13.9. The molecule has 0 aliphatic heterocycles. The van der Waals surface area contributed by atoms with Crippen molar-refractivity contribution >= 4 is 22.7 Å². The third kappa shape index (κ3) is 6.26. The van der Waals surface area contributed by atoms with E-state index in [2.05, 4.69) is 41.9 Å². The van der Waals surface area contributed by atoms with E-state index in [1.54, 1.807) is 9.75 Å². The van der Waals surface area contributed by atoms with Gasteiger partial charge in [-0.3, -0.25) is 0 Å². The summed E-state index contributed by atoms with van der Waals surface area (Å²) in [6.45, 7) is 2.29. The van der Waals surface area contributed by atoms with Crippen LogP contribution in [0.3, 0.4) is 0 Å². The Kier molecular flexibility index (Phi) is 8.89.